The Bertz CT molecular complexity index is 1120. The first-order valence-electron chi connectivity index (χ1n) is 9.19. The molecule has 0 saturated carbocycles. The minimum Gasteiger partial charge on any atom is -0.324 e. The van der Waals surface area contributed by atoms with E-state index in [2.05, 4.69) is 63.5 Å². The number of fused-ring (bicyclic) bond motifs is 4. The summed E-state index contributed by atoms with van der Waals surface area (Å²) in [6, 6.07) is 8.70. The summed E-state index contributed by atoms with van der Waals surface area (Å²) >= 11 is 0. The largest absolute Gasteiger partial charge is 0.324 e. The minimum atomic E-state index is 0.990. The van der Waals surface area contributed by atoms with Crippen molar-refractivity contribution in [3.63, 3.8) is 0 Å². The van der Waals surface area contributed by atoms with E-state index in [4.69, 9.17) is 9.97 Å². The van der Waals surface area contributed by atoms with Gasteiger partial charge in [0.15, 0.2) is 5.65 Å². The Balaban J connectivity index is 2.20. The fourth-order valence-electron chi connectivity index (χ4n) is 3.68. The molecule has 2 aromatic heterocycles. The minimum absolute atomic E-state index is 0.990. The van der Waals surface area contributed by atoms with E-state index in [-0.39, 0.29) is 0 Å². The van der Waals surface area contributed by atoms with Crippen molar-refractivity contribution in [2.75, 3.05) is 0 Å². The van der Waals surface area contributed by atoms with Crippen molar-refractivity contribution < 1.29 is 0 Å². The molecule has 2 heterocycles. The van der Waals surface area contributed by atoms with Crippen LogP contribution in [0, 0.1) is 27.7 Å². The maximum Gasteiger partial charge on any atom is 0.160 e. The monoisotopic (exact) mass is 331 g/mol. The number of hydrogen-bond acceptors (Lipinski definition) is 2. The van der Waals surface area contributed by atoms with E-state index in [9.17, 15) is 0 Å². The van der Waals surface area contributed by atoms with E-state index >= 15 is 0 Å². The molecule has 3 nitrogen and oxygen atoms in total. The molecule has 0 radical (unpaired) electrons. The standard InChI is InChI=1S/C22H25N3/c1-6-7-12-25-18-11-9-13(2)15(4)19(18)21-22(25)23-17-10-8-14(3)16(5)20(17)24-21/h8-11H,6-7,12H2,1-5H3. The van der Waals surface area contributed by atoms with Gasteiger partial charge in [0, 0.05) is 11.9 Å². The average Bonchev–Trinajstić information content (AvgIpc) is 2.91. The van der Waals surface area contributed by atoms with E-state index in [0.717, 1.165) is 35.2 Å². The molecule has 0 saturated heterocycles. The van der Waals surface area contributed by atoms with E-state index in [1.54, 1.807) is 0 Å². The van der Waals surface area contributed by atoms with Crippen LogP contribution < -0.4 is 0 Å². The van der Waals surface area contributed by atoms with Gasteiger partial charge in [0.25, 0.3) is 0 Å². The third-order valence-electron chi connectivity index (χ3n) is 5.57. The third kappa shape index (κ3) is 2.33. The number of aromatic nitrogens is 3. The number of unbranched alkanes of at least 4 members (excludes halogenated alkanes) is 1. The Morgan fingerprint density at radius 2 is 1.56 bits per heavy atom. The molecule has 0 N–H and O–H groups in total. The number of rotatable bonds is 3. The third-order valence-corrected chi connectivity index (χ3v) is 5.57. The van der Waals surface area contributed by atoms with Gasteiger partial charge in [-0.1, -0.05) is 25.5 Å². The molecule has 2 aromatic carbocycles. The number of aryl methyl sites for hydroxylation is 5. The summed E-state index contributed by atoms with van der Waals surface area (Å²) in [6.07, 6.45) is 2.32. The molecule has 0 aliphatic heterocycles. The SMILES string of the molecule is CCCCn1c2ccc(C)c(C)c2c2nc3c(C)c(C)ccc3nc21. The van der Waals surface area contributed by atoms with Gasteiger partial charge >= 0.3 is 0 Å². The lowest BCUT2D eigenvalue weighted by atomic mass is 10.0. The molecule has 0 aliphatic carbocycles. The molecule has 0 bridgehead atoms. The molecule has 0 spiro atoms. The normalized spacial score (nSPS) is 11.9. The van der Waals surface area contributed by atoms with Crippen LogP contribution in [0.2, 0.25) is 0 Å². The van der Waals surface area contributed by atoms with Gasteiger partial charge in [-0.2, -0.15) is 0 Å². The van der Waals surface area contributed by atoms with Crippen LogP contribution in [0.4, 0.5) is 0 Å². The number of hydrogen-bond donors (Lipinski definition) is 0. The lowest BCUT2D eigenvalue weighted by Crippen LogP contribution is -2.00. The molecule has 25 heavy (non-hydrogen) atoms. The Morgan fingerprint density at radius 3 is 2.32 bits per heavy atom. The van der Waals surface area contributed by atoms with Crippen molar-refractivity contribution in [3.05, 3.63) is 46.5 Å². The van der Waals surface area contributed by atoms with Gasteiger partial charge in [-0.25, -0.2) is 9.97 Å². The van der Waals surface area contributed by atoms with Crippen LogP contribution in [-0.2, 0) is 6.54 Å². The van der Waals surface area contributed by atoms with Crippen LogP contribution in [-0.4, -0.2) is 14.5 Å². The second kappa shape index (κ2) is 5.83. The first-order chi connectivity index (χ1) is 12.0. The molecule has 4 aromatic rings. The zero-order valence-electron chi connectivity index (χ0n) is 15.8. The van der Waals surface area contributed by atoms with E-state index < -0.39 is 0 Å². The molecule has 0 amide bonds. The molecular weight excluding hydrogens is 306 g/mol. The number of benzene rings is 2. The zero-order valence-corrected chi connectivity index (χ0v) is 15.8. The van der Waals surface area contributed by atoms with Crippen LogP contribution in [0.25, 0.3) is 33.1 Å². The summed E-state index contributed by atoms with van der Waals surface area (Å²) in [6.45, 7) is 11.9. The van der Waals surface area contributed by atoms with Gasteiger partial charge in [-0.15, -0.1) is 0 Å². The quantitative estimate of drug-likeness (QED) is 0.477. The predicted octanol–water partition coefficient (Wildman–Crippen LogP) is 5.77. The predicted molar refractivity (Wildman–Crippen MR) is 106 cm³/mol. The Kier molecular flexibility index (Phi) is 3.75. The summed E-state index contributed by atoms with van der Waals surface area (Å²) in [4.78, 5) is 10.2. The Labute approximate surface area is 148 Å². The first kappa shape index (κ1) is 16.1. The highest BCUT2D eigenvalue weighted by molar-refractivity contribution is 6.08. The van der Waals surface area contributed by atoms with Gasteiger partial charge in [0.05, 0.1) is 16.6 Å². The van der Waals surface area contributed by atoms with Crippen LogP contribution >= 0.6 is 0 Å². The topological polar surface area (TPSA) is 30.7 Å². The highest BCUT2D eigenvalue weighted by Gasteiger charge is 2.17. The van der Waals surface area contributed by atoms with Gasteiger partial charge in [0.2, 0.25) is 0 Å². The van der Waals surface area contributed by atoms with Crippen molar-refractivity contribution in [2.45, 2.75) is 54.0 Å². The molecule has 4 rings (SSSR count). The highest BCUT2D eigenvalue weighted by atomic mass is 15.1. The molecule has 128 valence electrons. The zero-order chi connectivity index (χ0) is 17.7. The lowest BCUT2D eigenvalue weighted by Gasteiger charge is -2.07. The molecule has 0 aliphatic rings. The van der Waals surface area contributed by atoms with Gasteiger partial charge in [0.1, 0.15) is 5.52 Å². The Morgan fingerprint density at radius 1 is 0.840 bits per heavy atom. The maximum atomic E-state index is 5.11. The lowest BCUT2D eigenvalue weighted by molar-refractivity contribution is 0.661. The average molecular weight is 331 g/mol. The molecular formula is C22H25N3. The first-order valence-corrected chi connectivity index (χ1v) is 9.19. The smallest absolute Gasteiger partial charge is 0.160 e. The van der Waals surface area contributed by atoms with Crippen molar-refractivity contribution in [1.82, 2.24) is 14.5 Å². The van der Waals surface area contributed by atoms with Gasteiger partial charge in [-0.3, -0.25) is 0 Å². The second-order valence-electron chi connectivity index (χ2n) is 7.18. The van der Waals surface area contributed by atoms with Crippen LogP contribution in [0.5, 0.6) is 0 Å². The van der Waals surface area contributed by atoms with E-state index in [1.807, 2.05) is 0 Å². The van der Waals surface area contributed by atoms with Crippen molar-refractivity contribution in [1.29, 1.82) is 0 Å². The van der Waals surface area contributed by atoms with Crippen molar-refractivity contribution in [3.8, 4) is 0 Å². The molecule has 0 fully saturated rings. The van der Waals surface area contributed by atoms with Crippen molar-refractivity contribution >= 4 is 33.1 Å². The fourth-order valence-corrected chi connectivity index (χ4v) is 3.68. The highest BCUT2D eigenvalue weighted by Crippen LogP contribution is 2.33. The Hall–Kier alpha value is -2.42. The van der Waals surface area contributed by atoms with E-state index in [1.165, 1.54) is 39.6 Å². The number of nitrogens with zero attached hydrogens (tertiary/aromatic N) is 3. The van der Waals surface area contributed by atoms with Gasteiger partial charge in [-0.05, 0) is 68.5 Å². The van der Waals surface area contributed by atoms with Crippen molar-refractivity contribution in [2.24, 2.45) is 0 Å². The van der Waals surface area contributed by atoms with Crippen LogP contribution in [0.3, 0.4) is 0 Å². The van der Waals surface area contributed by atoms with Crippen LogP contribution in [0.15, 0.2) is 24.3 Å². The fraction of sp³-hybridized carbons (Fsp3) is 0.364. The van der Waals surface area contributed by atoms with Crippen LogP contribution in [0.1, 0.15) is 42.0 Å². The summed E-state index contributed by atoms with van der Waals surface area (Å²) < 4.78 is 2.36. The second-order valence-corrected chi connectivity index (χ2v) is 7.18. The molecule has 3 heteroatoms. The summed E-state index contributed by atoms with van der Waals surface area (Å²) in [7, 11) is 0. The summed E-state index contributed by atoms with van der Waals surface area (Å²) in [5.41, 5.74) is 10.5. The van der Waals surface area contributed by atoms with E-state index in [0.29, 0.717) is 0 Å². The maximum absolute atomic E-state index is 5.11. The molecule has 0 unspecified atom stereocenters. The van der Waals surface area contributed by atoms with Gasteiger partial charge < -0.3 is 4.57 Å². The summed E-state index contributed by atoms with van der Waals surface area (Å²) in [5, 5.41) is 1.27. The molecule has 0 atom stereocenters. The summed E-state index contributed by atoms with van der Waals surface area (Å²) in [5.74, 6) is 0.